The molecule has 0 amide bonds. The van der Waals surface area contributed by atoms with Crippen LogP contribution in [0.3, 0.4) is 0 Å². The van der Waals surface area contributed by atoms with E-state index in [0.29, 0.717) is 34.8 Å². The molecule has 1 unspecified atom stereocenters. The number of rotatable bonds is 4. The Kier molecular flexibility index (Phi) is 4.69. The second-order valence-electron chi connectivity index (χ2n) is 7.10. The van der Waals surface area contributed by atoms with E-state index >= 15 is 0 Å². The summed E-state index contributed by atoms with van der Waals surface area (Å²) in [7, 11) is 0. The fourth-order valence-corrected chi connectivity index (χ4v) is 3.91. The predicted octanol–water partition coefficient (Wildman–Crippen LogP) is 4.10. The lowest BCUT2D eigenvalue weighted by Gasteiger charge is -2.14. The fraction of sp³-hybridized carbons (Fsp3) is 0.238. The van der Waals surface area contributed by atoms with Gasteiger partial charge < -0.3 is 9.30 Å². The first kappa shape index (κ1) is 18.7. The van der Waals surface area contributed by atoms with E-state index in [1.165, 1.54) is 16.8 Å². The van der Waals surface area contributed by atoms with Gasteiger partial charge in [0.05, 0.1) is 41.6 Å². The van der Waals surface area contributed by atoms with Crippen molar-refractivity contribution in [2.75, 3.05) is 6.61 Å². The summed E-state index contributed by atoms with van der Waals surface area (Å²) < 4.78 is 23.0. The standard InChI is InChI=1S/C21H16ClFN6O/c22-16-8-13(3-4-17(16)23)20-21(28(12-26-20)11-15-2-1-7-30-15)18-5-6-19-25-10-14(9-24)29(19)27-18/h3-6,8,10,12,15H,1-2,7,11H2. The number of halogens is 2. The van der Waals surface area contributed by atoms with Crippen molar-refractivity contribution in [1.29, 1.82) is 5.26 Å². The summed E-state index contributed by atoms with van der Waals surface area (Å²) in [5.74, 6) is -0.489. The van der Waals surface area contributed by atoms with Crippen molar-refractivity contribution in [3.05, 3.63) is 59.4 Å². The molecule has 1 aliphatic heterocycles. The van der Waals surface area contributed by atoms with Crippen molar-refractivity contribution in [3.8, 4) is 28.7 Å². The molecule has 1 atom stereocenters. The number of ether oxygens (including phenoxy) is 1. The molecule has 0 aliphatic carbocycles. The summed E-state index contributed by atoms with van der Waals surface area (Å²) in [4.78, 5) is 8.78. The van der Waals surface area contributed by atoms with Gasteiger partial charge in [0.1, 0.15) is 17.6 Å². The highest BCUT2D eigenvalue weighted by Crippen LogP contribution is 2.33. The van der Waals surface area contributed by atoms with Gasteiger partial charge in [0, 0.05) is 12.2 Å². The van der Waals surface area contributed by atoms with Crippen molar-refractivity contribution in [2.24, 2.45) is 0 Å². The molecule has 3 aromatic heterocycles. The lowest BCUT2D eigenvalue weighted by atomic mass is 10.1. The van der Waals surface area contributed by atoms with E-state index in [1.54, 1.807) is 24.5 Å². The topological polar surface area (TPSA) is 81.0 Å². The molecule has 7 nitrogen and oxygen atoms in total. The molecular weight excluding hydrogens is 407 g/mol. The van der Waals surface area contributed by atoms with Crippen LogP contribution in [0.5, 0.6) is 0 Å². The molecule has 5 rings (SSSR count). The Balaban J connectivity index is 1.68. The Bertz CT molecular complexity index is 1280. The van der Waals surface area contributed by atoms with Gasteiger partial charge in [0.2, 0.25) is 0 Å². The first-order valence-electron chi connectivity index (χ1n) is 9.51. The third-order valence-electron chi connectivity index (χ3n) is 5.17. The summed E-state index contributed by atoms with van der Waals surface area (Å²) in [5, 5.41) is 14.0. The maximum absolute atomic E-state index is 13.7. The van der Waals surface area contributed by atoms with E-state index in [-0.39, 0.29) is 11.1 Å². The Morgan fingerprint density at radius 2 is 2.17 bits per heavy atom. The van der Waals surface area contributed by atoms with E-state index in [1.807, 2.05) is 10.6 Å². The Morgan fingerprint density at radius 3 is 2.93 bits per heavy atom. The first-order valence-corrected chi connectivity index (χ1v) is 9.89. The normalized spacial score (nSPS) is 16.2. The van der Waals surface area contributed by atoms with Crippen LogP contribution in [0.4, 0.5) is 4.39 Å². The number of nitrogens with zero attached hydrogens (tertiary/aromatic N) is 6. The van der Waals surface area contributed by atoms with Crippen molar-refractivity contribution in [1.82, 2.24) is 24.1 Å². The minimum Gasteiger partial charge on any atom is -0.376 e. The van der Waals surface area contributed by atoms with Crippen LogP contribution in [0.2, 0.25) is 5.02 Å². The highest BCUT2D eigenvalue weighted by molar-refractivity contribution is 6.31. The number of aromatic nitrogens is 5. The molecule has 0 N–H and O–H groups in total. The van der Waals surface area contributed by atoms with Crippen molar-refractivity contribution in [2.45, 2.75) is 25.5 Å². The minimum absolute atomic E-state index is 0.0249. The Morgan fingerprint density at radius 1 is 1.27 bits per heavy atom. The smallest absolute Gasteiger partial charge is 0.162 e. The molecule has 0 spiro atoms. The summed E-state index contributed by atoms with van der Waals surface area (Å²) >= 11 is 6.02. The summed E-state index contributed by atoms with van der Waals surface area (Å²) in [6.45, 7) is 1.37. The van der Waals surface area contributed by atoms with Gasteiger partial charge in [-0.05, 0) is 43.2 Å². The van der Waals surface area contributed by atoms with E-state index in [2.05, 4.69) is 21.1 Å². The monoisotopic (exact) mass is 422 g/mol. The van der Waals surface area contributed by atoms with Crippen LogP contribution in [0.25, 0.3) is 28.3 Å². The third-order valence-corrected chi connectivity index (χ3v) is 5.46. The number of hydrogen-bond acceptors (Lipinski definition) is 5. The van der Waals surface area contributed by atoms with Crippen LogP contribution in [0.1, 0.15) is 18.5 Å². The average molecular weight is 423 g/mol. The van der Waals surface area contributed by atoms with Crippen LogP contribution < -0.4 is 0 Å². The van der Waals surface area contributed by atoms with Crippen molar-refractivity contribution < 1.29 is 9.13 Å². The molecule has 0 bridgehead atoms. The number of fused-ring (bicyclic) bond motifs is 1. The summed E-state index contributed by atoms with van der Waals surface area (Å²) in [5.41, 5.74) is 3.57. The quantitative estimate of drug-likeness (QED) is 0.494. The number of benzene rings is 1. The van der Waals surface area contributed by atoms with E-state index in [4.69, 9.17) is 16.3 Å². The zero-order chi connectivity index (χ0) is 20.7. The van der Waals surface area contributed by atoms with Gasteiger partial charge in [-0.25, -0.2) is 18.9 Å². The van der Waals surface area contributed by atoms with Crippen LogP contribution in [-0.4, -0.2) is 36.9 Å². The average Bonchev–Trinajstić information content (AvgIpc) is 3.49. The third kappa shape index (κ3) is 3.22. The van der Waals surface area contributed by atoms with E-state index < -0.39 is 5.82 Å². The molecule has 4 aromatic rings. The molecule has 30 heavy (non-hydrogen) atoms. The van der Waals surface area contributed by atoms with Gasteiger partial charge in [-0.2, -0.15) is 10.4 Å². The van der Waals surface area contributed by atoms with Gasteiger partial charge in [-0.15, -0.1) is 0 Å². The summed E-state index contributed by atoms with van der Waals surface area (Å²) in [6, 6.07) is 10.2. The van der Waals surface area contributed by atoms with Gasteiger partial charge in [-0.1, -0.05) is 11.6 Å². The minimum atomic E-state index is -0.489. The van der Waals surface area contributed by atoms with Gasteiger partial charge in [0.15, 0.2) is 11.3 Å². The Labute approximate surface area is 176 Å². The van der Waals surface area contributed by atoms with Crippen LogP contribution >= 0.6 is 11.6 Å². The molecule has 0 radical (unpaired) electrons. The van der Waals surface area contributed by atoms with Gasteiger partial charge >= 0.3 is 0 Å². The van der Waals surface area contributed by atoms with Gasteiger partial charge in [0.25, 0.3) is 0 Å². The second kappa shape index (κ2) is 7.52. The highest BCUT2D eigenvalue weighted by atomic mass is 35.5. The van der Waals surface area contributed by atoms with Crippen LogP contribution in [0.15, 0.2) is 42.9 Å². The molecule has 1 aliphatic rings. The zero-order valence-electron chi connectivity index (χ0n) is 15.8. The summed E-state index contributed by atoms with van der Waals surface area (Å²) in [6.07, 6.45) is 5.31. The number of imidazole rings is 2. The molecule has 0 saturated carbocycles. The molecule has 1 aromatic carbocycles. The van der Waals surface area contributed by atoms with Crippen molar-refractivity contribution in [3.63, 3.8) is 0 Å². The fourth-order valence-electron chi connectivity index (χ4n) is 3.73. The van der Waals surface area contributed by atoms with Crippen molar-refractivity contribution >= 4 is 17.2 Å². The largest absolute Gasteiger partial charge is 0.376 e. The maximum Gasteiger partial charge on any atom is 0.162 e. The number of nitriles is 1. The lowest BCUT2D eigenvalue weighted by Crippen LogP contribution is -2.15. The number of hydrogen-bond donors (Lipinski definition) is 0. The van der Waals surface area contributed by atoms with Gasteiger partial charge in [-0.3, -0.25) is 0 Å². The molecule has 150 valence electrons. The molecule has 4 heterocycles. The first-order chi connectivity index (χ1) is 14.6. The Hall–Kier alpha value is -3.28. The SMILES string of the molecule is N#Cc1cnc2ccc(-c3c(-c4ccc(F)c(Cl)c4)ncn3CC3CCCO3)nn12. The van der Waals surface area contributed by atoms with Crippen LogP contribution in [0, 0.1) is 17.1 Å². The molecule has 1 fully saturated rings. The molecule has 1 saturated heterocycles. The maximum atomic E-state index is 13.7. The van der Waals surface area contributed by atoms with Crippen LogP contribution in [-0.2, 0) is 11.3 Å². The zero-order valence-corrected chi connectivity index (χ0v) is 16.6. The molecular formula is C21H16ClFN6O. The highest BCUT2D eigenvalue weighted by Gasteiger charge is 2.22. The lowest BCUT2D eigenvalue weighted by molar-refractivity contribution is 0.0973. The predicted molar refractivity (Wildman–Crippen MR) is 108 cm³/mol. The second-order valence-corrected chi connectivity index (χ2v) is 7.51. The van der Waals surface area contributed by atoms with E-state index in [9.17, 15) is 9.65 Å². The van der Waals surface area contributed by atoms with E-state index in [0.717, 1.165) is 25.1 Å². The molecule has 9 heteroatoms.